The smallest absolute Gasteiger partial charge is 0.416 e. The van der Waals surface area contributed by atoms with E-state index in [4.69, 9.17) is 4.74 Å². The number of carbonyl (C=O) groups excluding carboxylic acids is 2. The number of benzene rings is 2. The number of aromatic nitrogens is 3. The molecular formula is C24H19F4N5O3. The largest absolute Gasteiger partial charge is 0.490 e. The van der Waals surface area contributed by atoms with Crippen molar-refractivity contribution >= 4 is 28.8 Å². The van der Waals surface area contributed by atoms with E-state index in [1.165, 1.54) is 36.7 Å². The number of anilines is 2. The molecule has 1 aliphatic rings. The first-order valence-electron chi connectivity index (χ1n) is 10.7. The summed E-state index contributed by atoms with van der Waals surface area (Å²) >= 11 is 0. The second-order valence-electron chi connectivity index (χ2n) is 7.61. The fraction of sp³-hybridized carbons (Fsp3) is 0.167. The van der Waals surface area contributed by atoms with Crippen LogP contribution in [0.15, 0.2) is 67.0 Å². The van der Waals surface area contributed by atoms with Crippen LogP contribution in [0.3, 0.4) is 0 Å². The fourth-order valence-electron chi connectivity index (χ4n) is 3.46. The molecule has 12 heteroatoms. The Morgan fingerprint density at radius 3 is 2.64 bits per heavy atom. The van der Waals surface area contributed by atoms with Crippen LogP contribution in [0.2, 0.25) is 0 Å². The summed E-state index contributed by atoms with van der Waals surface area (Å²) in [4.78, 5) is 28.0. The van der Waals surface area contributed by atoms with E-state index in [0.717, 1.165) is 23.1 Å². The molecule has 0 aliphatic heterocycles. The highest BCUT2D eigenvalue weighted by Crippen LogP contribution is 2.33. The first kappa shape index (κ1) is 24.6. The molecule has 0 atom stereocenters. The van der Waals surface area contributed by atoms with Crippen LogP contribution in [0.25, 0.3) is 11.3 Å². The summed E-state index contributed by atoms with van der Waals surface area (Å²) in [5, 5.41) is 8.36. The Labute approximate surface area is 202 Å². The molecule has 0 saturated heterocycles. The molecule has 0 spiro atoms. The Morgan fingerprint density at radius 2 is 1.97 bits per heavy atom. The van der Waals surface area contributed by atoms with Crippen LogP contribution in [-0.4, -0.2) is 33.2 Å². The molecule has 1 aromatic heterocycles. The molecule has 2 amide bonds. The van der Waals surface area contributed by atoms with Crippen LogP contribution in [0.5, 0.6) is 0 Å². The monoisotopic (exact) mass is 501 g/mol. The molecule has 186 valence electrons. The third-order valence-corrected chi connectivity index (χ3v) is 5.11. The molecule has 36 heavy (non-hydrogen) atoms. The lowest BCUT2D eigenvalue weighted by molar-refractivity contribution is -0.137. The Bertz CT molecular complexity index is 1360. The summed E-state index contributed by atoms with van der Waals surface area (Å²) in [6, 6.07) is 5.93. The van der Waals surface area contributed by atoms with Crippen molar-refractivity contribution < 1.29 is 31.9 Å². The Hall–Kier alpha value is -4.48. The van der Waals surface area contributed by atoms with E-state index in [0.29, 0.717) is 17.7 Å². The number of nitrogens with one attached hydrogen (secondary N) is 2. The van der Waals surface area contributed by atoms with Crippen molar-refractivity contribution in [1.29, 1.82) is 0 Å². The number of nitrogens with zero attached hydrogens (tertiary/aromatic N) is 3. The number of urea groups is 1. The van der Waals surface area contributed by atoms with Gasteiger partial charge in [0.25, 0.3) is 0 Å². The predicted molar refractivity (Wildman–Crippen MR) is 123 cm³/mol. The normalized spacial score (nSPS) is 13.6. The molecule has 1 heterocycles. The first-order chi connectivity index (χ1) is 17.1. The molecule has 4 rings (SSSR count). The van der Waals surface area contributed by atoms with E-state index in [1.807, 2.05) is 0 Å². The van der Waals surface area contributed by atoms with Crippen LogP contribution in [0.1, 0.15) is 24.5 Å². The summed E-state index contributed by atoms with van der Waals surface area (Å²) in [6.45, 7) is 2.05. The number of ketones is 1. The van der Waals surface area contributed by atoms with Crippen molar-refractivity contribution in [2.24, 2.45) is 0 Å². The Balaban J connectivity index is 1.52. The van der Waals surface area contributed by atoms with Gasteiger partial charge in [0.05, 0.1) is 23.5 Å². The Kier molecular flexibility index (Phi) is 6.86. The summed E-state index contributed by atoms with van der Waals surface area (Å²) in [5.41, 5.74) is -0.334. The molecule has 8 nitrogen and oxygen atoms in total. The average Bonchev–Trinajstić information content (AvgIpc) is 3.36. The van der Waals surface area contributed by atoms with Gasteiger partial charge >= 0.3 is 12.2 Å². The highest BCUT2D eigenvalue weighted by molar-refractivity contribution is 6.02. The maximum atomic E-state index is 14.7. The summed E-state index contributed by atoms with van der Waals surface area (Å²) < 4.78 is 61.2. The molecule has 3 aromatic rings. The minimum Gasteiger partial charge on any atom is -0.490 e. The molecule has 1 aliphatic carbocycles. The van der Waals surface area contributed by atoms with Crippen LogP contribution in [-0.2, 0) is 15.7 Å². The first-order valence-corrected chi connectivity index (χ1v) is 10.7. The summed E-state index contributed by atoms with van der Waals surface area (Å²) in [6.07, 6.45) is 0.949. The van der Waals surface area contributed by atoms with Gasteiger partial charge in [-0.2, -0.15) is 18.3 Å². The third kappa shape index (κ3) is 5.59. The van der Waals surface area contributed by atoms with Crippen LogP contribution in [0, 0.1) is 5.82 Å². The number of halogens is 4. The van der Waals surface area contributed by atoms with Crippen LogP contribution in [0.4, 0.5) is 33.7 Å². The number of alkyl halides is 3. The molecular weight excluding hydrogens is 482 g/mol. The minimum absolute atomic E-state index is 0.0203. The van der Waals surface area contributed by atoms with E-state index < -0.39 is 23.6 Å². The number of allylic oxidation sites excluding steroid dienone is 4. The number of ether oxygens (including phenoxy) is 1. The average molecular weight is 501 g/mol. The highest BCUT2D eigenvalue weighted by Gasteiger charge is 2.31. The van der Waals surface area contributed by atoms with Gasteiger partial charge in [0, 0.05) is 12.1 Å². The summed E-state index contributed by atoms with van der Waals surface area (Å²) in [5.74, 6) is -0.778. The number of carbonyl (C=O) groups is 2. The molecule has 0 bridgehead atoms. The molecule has 0 saturated carbocycles. The van der Waals surface area contributed by atoms with Crippen molar-refractivity contribution in [3.63, 3.8) is 0 Å². The van der Waals surface area contributed by atoms with Gasteiger partial charge in [-0.1, -0.05) is 12.1 Å². The zero-order valence-electron chi connectivity index (χ0n) is 18.8. The van der Waals surface area contributed by atoms with Crippen molar-refractivity contribution in [3.05, 3.63) is 83.9 Å². The zero-order chi connectivity index (χ0) is 25.9. The minimum atomic E-state index is -4.68. The number of hydrogen-bond donors (Lipinski definition) is 2. The Morgan fingerprint density at radius 1 is 1.17 bits per heavy atom. The van der Waals surface area contributed by atoms with Gasteiger partial charge < -0.3 is 15.4 Å². The molecule has 2 aromatic carbocycles. The van der Waals surface area contributed by atoms with Crippen molar-refractivity contribution in [2.45, 2.75) is 19.5 Å². The molecule has 0 radical (unpaired) electrons. The van der Waals surface area contributed by atoms with Gasteiger partial charge in [0.1, 0.15) is 18.5 Å². The van der Waals surface area contributed by atoms with Crippen molar-refractivity contribution in [2.75, 3.05) is 17.2 Å². The molecule has 2 N–H and O–H groups in total. The van der Waals surface area contributed by atoms with E-state index in [-0.39, 0.29) is 35.0 Å². The lowest BCUT2D eigenvalue weighted by atomic mass is 9.97. The van der Waals surface area contributed by atoms with Crippen LogP contribution >= 0.6 is 0 Å². The summed E-state index contributed by atoms with van der Waals surface area (Å²) in [7, 11) is 0. The van der Waals surface area contributed by atoms with Gasteiger partial charge in [0.2, 0.25) is 5.78 Å². The van der Waals surface area contributed by atoms with Crippen molar-refractivity contribution in [3.8, 4) is 5.69 Å². The van der Waals surface area contributed by atoms with Gasteiger partial charge in [-0.3, -0.25) is 4.79 Å². The number of amides is 2. The second-order valence-corrected chi connectivity index (χ2v) is 7.61. The standard InChI is InChI=1S/C24H19F4N5O3/c1-2-36-22-8-15(4-6-21(22)34)14-3-5-20(19(25)7-14)32-23(35)31-17-9-16(24(26,27)28)10-18(11-17)33-13-29-12-30-33/h3-5,7-13H,2,6H2,1H3,(H2,31,32,35). The number of hydrogen-bond acceptors (Lipinski definition) is 5. The van der Waals surface area contributed by atoms with E-state index in [2.05, 4.69) is 20.7 Å². The van der Waals surface area contributed by atoms with Gasteiger partial charge in [-0.05, 0) is 54.5 Å². The third-order valence-electron chi connectivity index (χ3n) is 5.11. The quantitative estimate of drug-likeness (QED) is 0.444. The van der Waals surface area contributed by atoms with E-state index in [1.54, 1.807) is 13.0 Å². The van der Waals surface area contributed by atoms with Gasteiger partial charge in [-0.25, -0.2) is 18.9 Å². The van der Waals surface area contributed by atoms with E-state index >= 15 is 0 Å². The maximum absolute atomic E-state index is 14.7. The van der Waals surface area contributed by atoms with Crippen LogP contribution < -0.4 is 10.6 Å². The number of Topliss-reactive ketones (excluding diaryl/α,β-unsaturated/α-hetero) is 1. The van der Waals surface area contributed by atoms with E-state index in [9.17, 15) is 27.2 Å². The van der Waals surface area contributed by atoms with Crippen molar-refractivity contribution in [1.82, 2.24) is 14.8 Å². The fourth-order valence-corrected chi connectivity index (χ4v) is 3.46. The maximum Gasteiger partial charge on any atom is 0.416 e. The SMILES string of the molecule is CCOC1=CC(c2ccc(NC(=O)Nc3cc(-n4cncn4)cc(C(F)(F)F)c3)c(F)c2)=CCC1=O. The highest BCUT2D eigenvalue weighted by atomic mass is 19.4. The zero-order valence-corrected chi connectivity index (χ0v) is 18.8. The topological polar surface area (TPSA) is 98.1 Å². The van der Waals surface area contributed by atoms with Gasteiger partial charge in [0.15, 0.2) is 5.76 Å². The molecule has 0 unspecified atom stereocenters. The number of rotatable bonds is 6. The lowest BCUT2D eigenvalue weighted by Gasteiger charge is -2.15. The molecule has 0 fully saturated rings. The lowest BCUT2D eigenvalue weighted by Crippen LogP contribution is -2.21. The van der Waals surface area contributed by atoms with Gasteiger partial charge in [-0.15, -0.1) is 0 Å². The second kappa shape index (κ2) is 10.0. The predicted octanol–water partition coefficient (Wildman–Crippen LogP) is 5.35.